The van der Waals surface area contributed by atoms with Gasteiger partial charge in [-0.2, -0.15) is 0 Å². The van der Waals surface area contributed by atoms with Crippen LogP contribution in [0.4, 0.5) is 11.5 Å². The van der Waals surface area contributed by atoms with Gasteiger partial charge in [0.15, 0.2) is 5.82 Å². The third-order valence-electron chi connectivity index (χ3n) is 4.73. The molecule has 4 aromatic rings. The predicted octanol–water partition coefficient (Wildman–Crippen LogP) is 6.05. The molecule has 0 saturated carbocycles. The van der Waals surface area contributed by atoms with E-state index in [1.54, 1.807) is 18.2 Å². The molecule has 0 aliphatic carbocycles. The summed E-state index contributed by atoms with van der Waals surface area (Å²) in [5.41, 5.74) is 6.52. The molecule has 0 radical (unpaired) electrons. The zero-order valence-corrected chi connectivity index (χ0v) is 15.5. The molecule has 2 aromatic carbocycles. The number of hydrogen-bond acceptors (Lipinski definition) is 4. The number of aromatic hydroxyl groups is 1. The molecule has 0 bridgehead atoms. The predicted molar refractivity (Wildman–Crippen MR) is 107 cm³/mol. The summed E-state index contributed by atoms with van der Waals surface area (Å²) in [6.45, 7) is 6.20. The number of phenolic OH excluding ortho intramolecular Hbond substituents is 1. The van der Waals surface area contributed by atoms with Crippen molar-refractivity contribution in [3.63, 3.8) is 0 Å². The molecule has 0 unspecified atom stereocenters. The van der Waals surface area contributed by atoms with Crippen LogP contribution >= 0.6 is 0 Å². The minimum Gasteiger partial charge on any atom is -0.506 e. The van der Waals surface area contributed by atoms with Gasteiger partial charge in [0.2, 0.25) is 0 Å². The minimum atomic E-state index is 0.0963. The Balaban J connectivity index is 1.93. The number of azo groups is 1. The summed E-state index contributed by atoms with van der Waals surface area (Å²) in [6, 6.07) is 17.1. The number of rotatable bonds is 3. The second kappa shape index (κ2) is 6.68. The molecule has 5 nitrogen and oxygen atoms in total. The highest BCUT2D eigenvalue weighted by molar-refractivity contribution is 5.76. The smallest absolute Gasteiger partial charge is 0.187 e. The van der Waals surface area contributed by atoms with Crippen molar-refractivity contribution in [3.8, 4) is 17.0 Å². The van der Waals surface area contributed by atoms with E-state index in [0.717, 1.165) is 22.5 Å². The fourth-order valence-electron chi connectivity index (χ4n) is 3.02. The molecule has 0 fully saturated rings. The Morgan fingerprint density at radius 2 is 1.67 bits per heavy atom. The summed E-state index contributed by atoms with van der Waals surface area (Å²) in [7, 11) is 0. The lowest BCUT2D eigenvalue weighted by atomic mass is 10.0. The topological polar surface area (TPSA) is 62.2 Å². The van der Waals surface area contributed by atoms with E-state index >= 15 is 0 Å². The Morgan fingerprint density at radius 3 is 2.44 bits per heavy atom. The van der Waals surface area contributed by atoms with E-state index in [1.807, 2.05) is 35.7 Å². The number of benzene rings is 2. The normalized spacial score (nSPS) is 11.5. The Labute approximate surface area is 157 Å². The second-order valence-electron chi connectivity index (χ2n) is 6.66. The first-order chi connectivity index (χ1) is 13.0. The summed E-state index contributed by atoms with van der Waals surface area (Å²) in [4.78, 5) is 4.83. The zero-order valence-electron chi connectivity index (χ0n) is 15.5. The van der Waals surface area contributed by atoms with Crippen molar-refractivity contribution in [2.75, 3.05) is 0 Å². The first-order valence-electron chi connectivity index (χ1n) is 8.79. The molecular weight excluding hydrogens is 336 g/mol. The monoisotopic (exact) mass is 356 g/mol. The summed E-state index contributed by atoms with van der Waals surface area (Å²) in [5.74, 6) is 0.735. The van der Waals surface area contributed by atoms with Crippen LogP contribution < -0.4 is 0 Å². The molecule has 5 heteroatoms. The van der Waals surface area contributed by atoms with E-state index < -0.39 is 0 Å². The third-order valence-corrected chi connectivity index (χ3v) is 4.73. The number of imidazole rings is 1. The maximum atomic E-state index is 9.97. The minimum absolute atomic E-state index is 0.0963. The number of aryl methyl sites for hydroxylation is 3. The average Bonchev–Trinajstić information content (AvgIpc) is 3.03. The van der Waals surface area contributed by atoms with Crippen molar-refractivity contribution in [1.29, 1.82) is 0 Å². The quantitative estimate of drug-likeness (QED) is 0.454. The molecule has 4 rings (SSSR count). The van der Waals surface area contributed by atoms with E-state index in [0.29, 0.717) is 11.5 Å². The standard InChI is InChI=1S/C22H20N4O/c1-14-10-11-17(13-16(14)3)20-22(25-24-18-8-4-5-9-19(18)27)26-12-6-7-15(2)21(26)23-20/h4-13,27H,1-3H3. The van der Waals surface area contributed by atoms with Gasteiger partial charge in [-0.3, -0.25) is 4.40 Å². The van der Waals surface area contributed by atoms with Gasteiger partial charge in [-0.15, -0.1) is 10.2 Å². The zero-order chi connectivity index (χ0) is 19.0. The van der Waals surface area contributed by atoms with Crippen molar-refractivity contribution in [3.05, 3.63) is 77.5 Å². The van der Waals surface area contributed by atoms with Crippen LogP contribution in [-0.4, -0.2) is 14.5 Å². The first kappa shape index (κ1) is 17.0. The Kier molecular flexibility index (Phi) is 4.20. The van der Waals surface area contributed by atoms with Crippen molar-refractivity contribution in [2.24, 2.45) is 10.2 Å². The highest BCUT2D eigenvalue weighted by Gasteiger charge is 2.16. The lowest BCUT2D eigenvalue weighted by Gasteiger charge is -2.04. The fourth-order valence-corrected chi connectivity index (χ4v) is 3.02. The van der Waals surface area contributed by atoms with Gasteiger partial charge in [0.05, 0.1) is 0 Å². The lowest BCUT2D eigenvalue weighted by Crippen LogP contribution is -1.85. The number of para-hydroxylation sites is 1. The van der Waals surface area contributed by atoms with E-state index in [2.05, 4.69) is 42.3 Å². The molecule has 1 N–H and O–H groups in total. The SMILES string of the molecule is Cc1ccc(-c2nc3c(C)cccn3c2N=Nc2ccccc2O)cc1C. The van der Waals surface area contributed by atoms with Gasteiger partial charge in [-0.25, -0.2) is 4.98 Å². The number of fused-ring (bicyclic) bond motifs is 1. The summed E-state index contributed by atoms with van der Waals surface area (Å²) < 4.78 is 1.93. The number of nitrogens with zero attached hydrogens (tertiary/aromatic N) is 4. The molecular formula is C22H20N4O. The molecule has 134 valence electrons. The van der Waals surface area contributed by atoms with Crippen LogP contribution in [0.2, 0.25) is 0 Å². The average molecular weight is 356 g/mol. The maximum Gasteiger partial charge on any atom is 0.187 e. The van der Waals surface area contributed by atoms with Crippen LogP contribution in [0.1, 0.15) is 16.7 Å². The highest BCUT2D eigenvalue weighted by Crippen LogP contribution is 2.35. The Hall–Kier alpha value is -3.47. The fraction of sp³-hybridized carbons (Fsp3) is 0.136. The molecule has 2 heterocycles. The molecule has 0 aliphatic rings. The van der Waals surface area contributed by atoms with Crippen molar-refractivity contribution in [2.45, 2.75) is 20.8 Å². The van der Waals surface area contributed by atoms with Crippen LogP contribution in [0.3, 0.4) is 0 Å². The van der Waals surface area contributed by atoms with Gasteiger partial charge in [0.1, 0.15) is 22.8 Å². The molecule has 0 saturated heterocycles. The van der Waals surface area contributed by atoms with Crippen LogP contribution in [0.5, 0.6) is 5.75 Å². The molecule has 2 aromatic heterocycles. The number of hydrogen-bond donors (Lipinski definition) is 1. The molecule has 0 spiro atoms. The van der Waals surface area contributed by atoms with E-state index in [4.69, 9.17) is 4.98 Å². The molecule has 27 heavy (non-hydrogen) atoms. The van der Waals surface area contributed by atoms with Gasteiger partial charge in [0.25, 0.3) is 0 Å². The van der Waals surface area contributed by atoms with Crippen molar-refractivity contribution < 1.29 is 5.11 Å². The number of aromatic nitrogens is 2. The largest absolute Gasteiger partial charge is 0.506 e. The molecule has 0 aliphatic heterocycles. The van der Waals surface area contributed by atoms with E-state index in [-0.39, 0.29) is 5.75 Å². The van der Waals surface area contributed by atoms with Crippen LogP contribution in [0.15, 0.2) is 71.0 Å². The molecule has 0 atom stereocenters. The second-order valence-corrected chi connectivity index (χ2v) is 6.66. The van der Waals surface area contributed by atoms with Crippen LogP contribution in [-0.2, 0) is 0 Å². The van der Waals surface area contributed by atoms with Gasteiger partial charge < -0.3 is 5.11 Å². The van der Waals surface area contributed by atoms with Crippen LogP contribution in [0.25, 0.3) is 16.9 Å². The van der Waals surface area contributed by atoms with E-state index in [1.165, 1.54) is 11.1 Å². The van der Waals surface area contributed by atoms with Crippen LogP contribution in [0, 0.1) is 20.8 Å². The number of phenols is 1. The van der Waals surface area contributed by atoms with Gasteiger partial charge in [-0.05, 0) is 61.7 Å². The van der Waals surface area contributed by atoms with Crippen molar-refractivity contribution in [1.82, 2.24) is 9.38 Å². The lowest BCUT2D eigenvalue weighted by molar-refractivity contribution is 0.476. The Bertz CT molecular complexity index is 1170. The summed E-state index contributed by atoms with van der Waals surface area (Å²) in [6.07, 6.45) is 1.93. The maximum absolute atomic E-state index is 9.97. The number of pyridine rings is 1. The van der Waals surface area contributed by atoms with Crippen molar-refractivity contribution >= 4 is 17.2 Å². The Morgan fingerprint density at radius 1 is 0.852 bits per heavy atom. The van der Waals surface area contributed by atoms with E-state index in [9.17, 15) is 5.11 Å². The van der Waals surface area contributed by atoms with Gasteiger partial charge in [-0.1, -0.05) is 30.3 Å². The first-order valence-corrected chi connectivity index (χ1v) is 8.79. The third kappa shape index (κ3) is 3.08. The summed E-state index contributed by atoms with van der Waals surface area (Å²) in [5, 5.41) is 18.7. The van der Waals surface area contributed by atoms with Gasteiger partial charge >= 0.3 is 0 Å². The molecule has 0 amide bonds. The highest BCUT2D eigenvalue weighted by atomic mass is 16.3. The van der Waals surface area contributed by atoms with Gasteiger partial charge in [0, 0.05) is 11.8 Å². The summed E-state index contributed by atoms with van der Waals surface area (Å²) >= 11 is 0.